The predicted molar refractivity (Wildman–Crippen MR) is 86.7 cm³/mol. The van der Waals surface area contributed by atoms with Crippen LogP contribution < -0.4 is 15.2 Å². The quantitative estimate of drug-likeness (QED) is 0.894. The number of hydrogen-bond acceptors (Lipinski definition) is 4. The van der Waals surface area contributed by atoms with Gasteiger partial charge in [-0.05, 0) is 37.7 Å². The number of rotatable bonds is 4. The fourth-order valence-corrected chi connectivity index (χ4v) is 3.45. The molecule has 0 bridgehead atoms. The number of ether oxygens (including phenoxy) is 2. The summed E-state index contributed by atoms with van der Waals surface area (Å²) in [6.45, 7) is 1.16. The molecule has 1 fully saturated rings. The van der Waals surface area contributed by atoms with Crippen molar-refractivity contribution >= 4 is 5.91 Å². The van der Waals surface area contributed by atoms with Gasteiger partial charge in [-0.2, -0.15) is 0 Å². The molecule has 1 amide bonds. The van der Waals surface area contributed by atoms with Gasteiger partial charge in [-0.1, -0.05) is 19.3 Å². The number of nitrogens with two attached hydrogens (primary N) is 1. The molecule has 1 aromatic carbocycles. The average Bonchev–Trinajstić information content (AvgIpc) is 2.74. The summed E-state index contributed by atoms with van der Waals surface area (Å²) in [6, 6.07) is 3.34. The van der Waals surface area contributed by atoms with Crippen molar-refractivity contribution in [3.8, 4) is 11.5 Å². The number of carbonyl (C=O) groups excluding carboxylic acids is 1. The highest BCUT2D eigenvalue weighted by molar-refractivity contribution is 5.96. The second-order valence-electron chi connectivity index (χ2n) is 6.57. The highest BCUT2D eigenvalue weighted by Crippen LogP contribution is 2.37. The largest absolute Gasteiger partial charge is 0.493 e. The number of carbonyl (C=O) groups is 1. The summed E-state index contributed by atoms with van der Waals surface area (Å²) >= 11 is 0. The Morgan fingerprint density at radius 3 is 2.74 bits per heavy atom. The molecule has 1 aliphatic heterocycles. The van der Waals surface area contributed by atoms with E-state index in [2.05, 4.69) is 0 Å². The van der Waals surface area contributed by atoms with Crippen LogP contribution in [0.5, 0.6) is 11.5 Å². The SMILES string of the molecule is NC(=O)c1cc2c(cc1OCC1CCCCC1)OCCC[C@H]2O. The molecule has 1 atom stereocenters. The molecule has 2 aliphatic rings. The summed E-state index contributed by atoms with van der Waals surface area (Å²) in [4.78, 5) is 11.8. The second-order valence-corrected chi connectivity index (χ2v) is 6.57. The molecule has 5 heteroatoms. The molecule has 0 saturated heterocycles. The topological polar surface area (TPSA) is 81.8 Å². The van der Waals surface area contributed by atoms with Crippen LogP contribution >= 0.6 is 0 Å². The lowest BCUT2D eigenvalue weighted by Gasteiger charge is -2.23. The maximum atomic E-state index is 11.8. The third-order valence-electron chi connectivity index (χ3n) is 4.82. The molecule has 1 saturated carbocycles. The fraction of sp³-hybridized carbons (Fsp3) is 0.611. The van der Waals surface area contributed by atoms with Crippen molar-refractivity contribution in [3.63, 3.8) is 0 Å². The standard InChI is InChI=1S/C18H25NO4/c19-18(21)14-9-13-15(20)7-4-8-22-16(13)10-17(14)23-11-12-5-2-1-3-6-12/h9-10,12,15,20H,1-8,11H2,(H2,19,21)/t15-/m1/s1. The van der Waals surface area contributed by atoms with Crippen LogP contribution in [-0.2, 0) is 0 Å². The summed E-state index contributed by atoms with van der Waals surface area (Å²) in [5.41, 5.74) is 6.45. The van der Waals surface area contributed by atoms with E-state index in [-0.39, 0.29) is 0 Å². The number of benzene rings is 1. The third kappa shape index (κ3) is 3.78. The zero-order valence-corrected chi connectivity index (χ0v) is 13.4. The van der Waals surface area contributed by atoms with Crippen LogP contribution in [0.3, 0.4) is 0 Å². The van der Waals surface area contributed by atoms with Gasteiger partial charge >= 0.3 is 0 Å². The highest BCUT2D eigenvalue weighted by atomic mass is 16.5. The van der Waals surface area contributed by atoms with Crippen LogP contribution in [-0.4, -0.2) is 24.2 Å². The van der Waals surface area contributed by atoms with E-state index in [0.717, 1.165) is 6.42 Å². The van der Waals surface area contributed by atoms with Gasteiger partial charge in [0.1, 0.15) is 11.5 Å². The maximum Gasteiger partial charge on any atom is 0.252 e. The fourth-order valence-electron chi connectivity index (χ4n) is 3.45. The van der Waals surface area contributed by atoms with Crippen molar-refractivity contribution in [2.75, 3.05) is 13.2 Å². The summed E-state index contributed by atoms with van der Waals surface area (Å²) in [7, 11) is 0. The van der Waals surface area contributed by atoms with Crippen molar-refractivity contribution in [1.82, 2.24) is 0 Å². The van der Waals surface area contributed by atoms with Crippen LogP contribution in [0, 0.1) is 5.92 Å². The zero-order chi connectivity index (χ0) is 16.2. The monoisotopic (exact) mass is 319 g/mol. The van der Waals surface area contributed by atoms with Gasteiger partial charge in [0.15, 0.2) is 0 Å². The van der Waals surface area contributed by atoms with E-state index in [1.165, 1.54) is 32.1 Å². The summed E-state index contributed by atoms with van der Waals surface area (Å²) < 4.78 is 11.6. The highest BCUT2D eigenvalue weighted by Gasteiger charge is 2.23. The first kappa shape index (κ1) is 16.1. The Balaban J connectivity index is 1.82. The van der Waals surface area contributed by atoms with Gasteiger partial charge in [-0.3, -0.25) is 4.79 Å². The van der Waals surface area contributed by atoms with E-state index in [4.69, 9.17) is 15.2 Å². The Morgan fingerprint density at radius 1 is 1.22 bits per heavy atom. The number of aliphatic hydroxyl groups excluding tert-OH is 1. The van der Waals surface area contributed by atoms with E-state index in [9.17, 15) is 9.90 Å². The van der Waals surface area contributed by atoms with Gasteiger partial charge in [-0.25, -0.2) is 0 Å². The smallest absolute Gasteiger partial charge is 0.252 e. The molecular weight excluding hydrogens is 294 g/mol. The van der Waals surface area contributed by atoms with Gasteiger partial charge in [0.25, 0.3) is 5.91 Å². The number of amides is 1. The molecule has 1 heterocycles. The Kier molecular flexibility index (Phi) is 5.06. The lowest BCUT2D eigenvalue weighted by atomic mass is 9.90. The van der Waals surface area contributed by atoms with E-state index in [1.807, 2.05) is 0 Å². The van der Waals surface area contributed by atoms with Gasteiger partial charge in [0, 0.05) is 11.6 Å². The van der Waals surface area contributed by atoms with Gasteiger partial charge in [0.05, 0.1) is 24.9 Å². The number of fused-ring (bicyclic) bond motifs is 1. The van der Waals surface area contributed by atoms with Crippen molar-refractivity contribution < 1.29 is 19.4 Å². The van der Waals surface area contributed by atoms with Crippen LogP contribution in [0.4, 0.5) is 0 Å². The molecule has 3 rings (SSSR count). The Morgan fingerprint density at radius 2 is 2.00 bits per heavy atom. The minimum atomic E-state index is -0.627. The first-order valence-electron chi connectivity index (χ1n) is 8.56. The Bertz CT molecular complexity index is 566. The van der Waals surface area contributed by atoms with E-state index < -0.39 is 12.0 Å². The minimum absolute atomic E-state index is 0.323. The molecular formula is C18H25NO4. The van der Waals surface area contributed by atoms with Crippen LogP contribution in [0.1, 0.15) is 67.0 Å². The van der Waals surface area contributed by atoms with E-state index in [0.29, 0.717) is 48.2 Å². The minimum Gasteiger partial charge on any atom is -0.493 e. The van der Waals surface area contributed by atoms with Gasteiger partial charge in [-0.15, -0.1) is 0 Å². The average molecular weight is 319 g/mol. The van der Waals surface area contributed by atoms with Gasteiger partial charge in [0.2, 0.25) is 0 Å². The molecule has 3 N–H and O–H groups in total. The molecule has 1 aliphatic carbocycles. The lowest BCUT2D eigenvalue weighted by molar-refractivity contribution is 0.0994. The summed E-state index contributed by atoms with van der Waals surface area (Å²) in [5, 5.41) is 10.2. The van der Waals surface area contributed by atoms with Crippen molar-refractivity contribution in [2.24, 2.45) is 11.7 Å². The second kappa shape index (κ2) is 7.21. The van der Waals surface area contributed by atoms with Crippen LogP contribution in [0.25, 0.3) is 0 Å². The molecule has 0 unspecified atom stereocenters. The molecule has 5 nitrogen and oxygen atoms in total. The maximum absolute atomic E-state index is 11.8. The molecule has 0 spiro atoms. The normalized spacial score (nSPS) is 21.9. The van der Waals surface area contributed by atoms with Gasteiger partial charge < -0.3 is 20.3 Å². The number of primary amides is 1. The molecule has 126 valence electrons. The van der Waals surface area contributed by atoms with Crippen molar-refractivity contribution in [1.29, 1.82) is 0 Å². The third-order valence-corrected chi connectivity index (χ3v) is 4.82. The molecule has 0 aromatic heterocycles. The summed E-state index contributed by atoms with van der Waals surface area (Å²) in [6.07, 6.45) is 6.91. The van der Waals surface area contributed by atoms with E-state index >= 15 is 0 Å². The summed E-state index contributed by atoms with van der Waals surface area (Å²) in [5.74, 6) is 1.06. The molecule has 1 aromatic rings. The van der Waals surface area contributed by atoms with Crippen molar-refractivity contribution in [2.45, 2.75) is 51.0 Å². The molecule has 23 heavy (non-hydrogen) atoms. The zero-order valence-electron chi connectivity index (χ0n) is 13.4. The first-order valence-corrected chi connectivity index (χ1v) is 8.56. The number of aliphatic hydroxyl groups is 1. The first-order chi connectivity index (χ1) is 11.1. The Hall–Kier alpha value is -1.75. The Labute approximate surface area is 136 Å². The van der Waals surface area contributed by atoms with Crippen molar-refractivity contribution in [3.05, 3.63) is 23.3 Å². The predicted octanol–water partition coefficient (Wildman–Crippen LogP) is 2.95. The van der Waals surface area contributed by atoms with Crippen LogP contribution in [0.2, 0.25) is 0 Å². The number of hydrogen-bond donors (Lipinski definition) is 2. The van der Waals surface area contributed by atoms with E-state index in [1.54, 1.807) is 12.1 Å². The lowest BCUT2D eigenvalue weighted by Crippen LogP contribution is -2.19. The van der Waals surface area contributed by atoms with Crippen LogP contribution in [0.15, 0.2) is 12.1 Å². The molecule has 0 radical (unpaired) electrons.